The van der Waals surface area contributed by atoms with Gasteiger partial charge >= 0.3 is 5.97 Å². The van der Waals surface area contributed by atoms with Gasteiger partial charge in [0.1, 0.15) is 0 Å². The summed E-state index contributed by atoms with van der Waals surface area (Å²) in [6.07, 6.45) is 2.66. The van der Waals surface area contributed by atoms with E-state index < -0.39 is 17.8 Å². The Labute approximate surface area is 156 Å². The molecule has 2 rings (SSSR count). The smallest absolute Gasteiger partial charge is 0.308 e. The van der Waals surface area contributed by atoms with Crippen LogP contribution in [0, 0.1) is 5.92 Å². The Hall–Kier alpha value is -2.60. The van der Waals surface area contributed by atoms with Gasteiger partial charge in [0.2, 0.25) is 0 Å². The number of hydrogen-bond donors (Lipinski definition) is 2. The third-order valence-electron chi connectivity index (χ3n) is 4.04. The summed E-state index contributed by atoms with van der Waals surface area (Å²) in [6, 6.07) is 9.90. The summed E-state index contributed by atoms with van der Waals surface area (Å²) < 4.78 is 1.40. The fraction of sp³-hybridized carbons (Fsp3) is 0.316. The minimum absolute atomic E-state index is 0.0473. The van der Waals surface area contributed by atoms with Gasteiger partial charge in [0.15, 0.2) is 0 Å². The third-order valence-corrected chi connectivity index (χ3v) is 4.41. The highest BCUT2D eigenvalue weighted by atomic mass is 35.5. The third kappa shape index (κ3) is 5.20. The Morgan fingerprint density at radius 2 is 1.96 bits per heavy atom. The highest BCUT2D eigenvalue weighted by Crippen LogP contribution is 2.15. The molecule has 138 valence electrons. The first-order chi connectivity index (χ1) is 12.4. The highest BCUT2D eigenvalue weighted by molar-refractivity contribution is 6.31. The number of aliphatic carboxylic acids is 1. The predicted molar refractivity (Wildman–Crippen MR) is 99.6 cm³/mol. The molecule has 0 saturated carbocycles. The van der Waals surface area contributed by atoms with E-state index >= 15 is 0 Å². The molecule has 1 aromatic heterocycles. The van der Waals surface area contributed by atoms with Crippen LogP contribution in [0.4, 0.5) is 0 Å². The van der Waals surface area contributed by atoms with E-state index in [2.05, 4.69) is 5.32 Å². The summed E-state index contributed by atoms with van der Waals surface area (Å²) >= 11 is 6.12. The summed E-state index contributed by atoms with van der Waals surface area (Å²) in [6.45, 7) is 2.18. The van der Waals surface area contributed by atoms with E-state index in [1.165, 1.54) is 22.9 Å². The molecule has 0 aliphatic heterocycles. The number of benzene rings is 1. The minimum Gasteiger partial charge on any atom is -0.481 e. The number of nitrogens with zero attached hydrogens (tertiary/aromatic N) is 1. The van der Waals surface area contributed by atoms with Gasteiger partial charge in [-0.25, -0.2) is 0 Å². The van der Waals surface area contributed by atoms with Gasteiger partial charge in [0, 0.05) is 23.8 Å². The molecule has 1 atom stereocenters. The van der Waals surface area contributed by atoms with Crippen molar-refractivity contribution >= 4 is 23.5 Å². The summed E-state index contributed by atoms with van der Waals surface area (Å²) in [5, 5.41) is 12.3. The molecule has 0 radical (unpaired) electrons. The Balaban J connectivity index is 2.13. The molecule has 0 aliphatic carbocycles. The van der Waals surface area contributed by atoms with Crippen molar-refractivity contribution in [2.45, 2.75) is 26.3 Å². The maximum atomic E-state index is 12.3. The van der Waals surface area contributed by atoms with Crippen LogP contribution < -0.4 is 10.9 Å². The van der Waals surface area contributed by atoms with E-state index in [9.17, 15) is 14.4 Å². The molecule has 0 spiro atoms. The summed E-state index contributed by atoms with van der Waals surface area (Å²) in [4.78, 5) is 35.5. The Morgan fingerprint density at radius 1 is 1.23 bits per heavy atom. The second-order valence-corrected chi connectivity index (χ2v) is 6.42. The quantitative estimate of drug-likeness (QED) is 0.741. The monoisotopic (exact) mass is 376 g/mol. The molecule has 1 amide bonds. The largest absolute Gasteiger partial charge is 0.481 e. The normalized spacial score (nSPS) is 11.8. The van der Waals surface area contributed by atoms with Crippen molar-refractivity contribution in [3.63, 3.8) is 0 Å². The number of hydrogen-bond acceptors (Lipinski definition) is 3. The van der Waals surface area contributed by atoms with Crippen LogP contribution >= 0.6 is 11.6 Å². The van der Waals surface area contributed by atoms with E-state index in [-0.39, 0.29) is 24.2 Å². The topological polar surface area (TPSA) is 88.4 Å². The van der Waals surface area contributed by atoms with Crippen molar-refractivity contribution in [3.8, 4) is 0 Å². The highest BCUT2D eigenvalue weighted by Gasteiger charge is 2.18. The van der Waals surface area contributed by atoms with Gasteiger partial charge in [-0.05, 0) is 24.1 Å². The zero-order valence-corrected chi connectivity index (χ0v) is 15.2. The molecule has 1 unspecified atom stereocenters. The van der Waals surface area contributed by atoms with E-state index in [1.807, 2.05) is 19.1 Å². The average Bonchev–Trinajstić information content (AvgIpc) is 2.61. The first-order valence-electron chi connectivity index (χ1n) is 8.37. The number of carboxylic acids is 1. The van der Waals surface area contributed by atoms with Gasteiger partial charge in [-0.2, -0.15) is 0 Å². The Morgan fingerprint density at radius 3 is 2.62 bits per heavy atom. The van der Waals surface area contributed by atoms with Crippen LogP contribution in [0.2, 0.25) is 5.02 Å². The van der Waals surface area contributed by atoms with Crippen molar-refractivity contribution in [2.24, 2.45) is 5.92 Å². The molecular formula is C19H21ClN2O4. The fourth-order valence-electron chi connectivity index (χ4n) is 2.58. The molecular weight excluding hydrogens is 356 g/mol. The molecule has 1 heterocycles. The van der Waals surface area contributed by atoms with Crippen LogP contribution in [0.15, 0.2) is 47.4 Å². The molecule has 0 fully saturated rings. The van der Waals surface area contributed by atoms with Crippen molar-refractivity contribution in [1.29, 1.82) is 0 Å². The number of carbonyl (C=O) groups excluding carboxylic acids is 1. The van der Waals surface area contributed by atoms with Gasteiger partial charge < -0.3 is 15.0 Å². The number of aromatic nitrogens is 1. The summed E-state index contributed by atoms with van der Waals surface area (Å²) in [5.41, 5.74) is 0.802. The lowest BCUT2D eigenvalue weighted by molar-refractivity contribution is -0.141. The van der Waals surface area contributed by atoms with E-state index in [0.717, 1.165) is 12.0 Å². The van der Waals surface area contributed by atoms with E-state index in [4.69, 9.17) is 16.7 Å². The van der Waals surface area contributed by atoms with Crippen molar-refractivity contribution in [1.82, 2.24) is 9.88 Å². The van der Waals surface area contributed by atoms with Gasteiger partial charge in [0.25, 0.3) is 11.5 Å². The van der Waals surface area contributed by atoms with Crippen molar-refractivity contribution in [3.05, 3.63) is 69.1 Å². The van der Waals surface area contributed by atoms with Crippen LogP contribution in [0.5, 0.6) is 0 Å². The lowest BCUT2D eigenvalue weighted by atomic mass is 10.0. The van der Waals surface area contributed by atoms with Gasteiger partial charge in [-0.3, -0.25) is 14.4 Å². The van der Waals surface area contributed by atoms with E-state index in [1.54, 1.807) is 12.1 Å². The van der Waals surface area contributed by atoms with Crippen LogP contribution in [0.1, 0.15) is 35.7 Å². The lowest BCUT2D eigenvalue weighted by Crippen LogP contribution is -2.33. The molecule has 2 N–H and O–H groups in total. The van der Waals surface area contributed by atoms with Crippen LogP contribution in [-0.2, 0) is 11.3 Å². The second kappa shape index (κ2) is 9.20. The van der Waals surface area contributed by atoms with Crippen molar-refractivity contribution < 1.29 is 14.7 Å². The Kier molecular flexibility index (Phi) is 6.97. The maximum absolute atomic E-state index is 12.3. The number of nitrogens with one attached hydrogen (secondary N) is 1. The SMILES string of the molecule is CCCC(CNC(=O)c1ccc(=O)n(Cc2ccccc2Cl)c1)C(=O)O. The maximum Gasteiger partial charge on any atom is 0.308 e. The number of amides is 1. The molecule has 26 heavy (non-hydrogen) atoms. The zero-order chi connectivity index (χ0) is 19.1. The van der Waals surface area contributed by atoms with Gasteiger partial charge in [0.05, 0.1) is 18.0 Å². The molecule has 0 saturated heterocycles. The summed E-state index contributed by atoms with van der Waals surface area (Å²) in [7, 11) is 0. The van der Waals surface area contributed by atoms with Crippen LogP contribution in [-0.4, -0.2) is 28.1 Å². The van der Waals surface area contributed by atoms with Crippen molar-refractivity contribution in [2.75, 3.05) is 6.54 Å². The number of pyridine rings is 1. The van der Waals surface area contributed by atoms with E-state index in [0.29, 0.717) is 11.4 Å². The van der Waals surface area contributed by atoms with Gasteiger partial charge in [-0.1, -0.05) is 43.1 Å². The average molecular weight is 377 g/mol. The molecule has 1 aromatic carbocycles. The number of carbonyl (C=O) groups is 2. The van der Waals surface area contributed by atoms with Crippen LogP contribution in [0.3, 0.4) is 0 Å². The standard InChI is InChI=1S/C19H21ClN2O4/c1-2-5-13(19(25)26)10-21-18(24)15-8-9-17(23)22(12-15)11-14-6-3-4-7-16(14)20/h3-4,6-9,12-13H,2,5,10-11H2,1H3,(H,21,24)(H,25,26). The number of rotatable bonds is 8. The predicted octanol–water partition coefficient (Wildman–Crippen LogP) is 2.78. The first-order valence-corrected chi connectivity index (χ1v) is 8.75. The Bertz CT molecular complexity index is 847. The number of carboxylic acid groups (broad SMARTS) is 1. The molecule has 6 nitrogen and oxygen atoms in total. The minimum atomic E-state index is -0.934. The summed E-state index contributed by atoms with van der Waals surface area (Å²) in [5.74, 6) is -1.98. The van der Waals surface area contributed by atoms with Gasteiger partial charge in [-0.15, -0.1) is 0 Å². The second-order valence-electron chi connectivity index (χ2n) is 6.01. The molecule has 0 bridgehead atoms. The molecule has 7 heteroatoms. The number of halogens is 1. The van der Waals surface area contributed by atoms with Crippen LogP contribution in [0.25, 0.3) is 0 Å². The molecule has 2 aromatic rings. The first kappa shape index (κ1) is 19.7. The zero-order valence-electron chi connectivity index (χ0n) is 14.4. The fourth-order valence-corrected chi connectivity index (χ4v) is 2.77. The lowest BCUT2D eigenvalue weighted by Gasteiger charge is -2.13. The molecule has 0 aliphatic rings.